The van der Waals surface area contributed by atoms with Crippen LogP contribution in [0, 0.1) is 6.92 Å². The molecule has 0 aromatic heterocycles. The van der Waals surface area contributed by atoms with Gasteiger partial charge in [0.25, 0.3) is 5.91 Å². The topological polar surface area (TPSA) is 41.1 Å². The van der Waals surface area contributed by atoms with Gasteiger partial charge in [-0.05, 0) is 37.1 Å². The fourth-order valence-corrected chi connectivity index (χ4v) is 1.68. The van der Waals surface area contributed by atoms with Crippen LogP contribution < -0.4 is 10.6 Å². The third kappa shape index (κ3) is 5.19. The van der Waals surface area contributed by atoms with E-state index in [2.05, 4.69) is 10.6 Å². The van der Waals surface area contributed by atoms with Crippen molar-refractivity contribution in [1.82, 2.24) is 5.32 Å². The Morgan fingerprint density at radius 1 is 1.32 bits per heavy atom. The Balaban J connectivity index is 2.48. The van der Waals surface area contributed by atoms with Gasteiger partial charge in [0, 0.05) is 31.3 Å². The number of alkyl halides is 3. The number of amides is 1. The lowest BCUT2D eigenvalue weighted by atomic mass is 10.1. The van der Waals surface area contributed by atoms with Crippen LogP contribution in [0.4, 0.5) is 18.9 Å². The molecule has 0 aliphatic carbocycles. The molecule has 2 N–H and O–H groups in total. The Bertz CT molecular complexity index is 444. The molecule has 0 spiro atoms. The second kappa shape index (κ2) is 6.45. The number of nitrogens with one attached hydrogen (secondary N) is 2. The number of carbonyl (C=O) groups excluding carboxylic acids is 1. The summed E-state index contributed by atoms with van der Waals surface area (Å²) in [7, 11) is 1.78. The first-order valence-electron chi connectivity index (χ1n) is 5.97. The molecule has 0 aliphatic heterocycles. The van der Waals surface area contributed by atoms with Crippen LogP contribution in [-0.4, -0.2) is 25.7 Å². The highest BCUT2D eigenvalue weighted by Crippen LogP contribution is 2.20. The molecular formula is C13H17F3N2O. The highest BCUT2D eigenvalue weighted by Gasteiger charge is 2.25. The van der Waals surface area contributed by atoms with E-state index in [0.717, 1.165) is 11.3 Å². The highest BCUT2D eigenvalue weighted by atomic mass is 19.4. The average molecular weight is 274 g/mol. The number of benzene rings is 1. The monoisotopic (exact) mass is 274 g/mol. The zero-order valence-electron chi connectivity index (χ0n) is 10.9. The quantitative estimate of drug-likeness (QED) is 0.810. The number of rotatable bonds is 5. The number of aryl methyl sites for hydroxylation is 1. The summed E-state index contributed by atoms with van der Waals surface area (Å²) >= 11 is 0. The SMILES string of the molecule is CNc1ccc(C(=O)NCCCC(F)(F)F)cc1C. The number of carbonyl (C=O) groups is 1. The standard InChI is InChI=1S/C13H17F3N2O/c1-9-8-10(4-5-11(9)17-2)12(19)18-7-3-6-13(14,15)16/h4-5,8,17H,3,6-7H2,1-2H3,(H,18,19). The molecule has 106 valence electrons. The van der Waals surface area contributed by atoms with Gasteiger partial charge in [0.05, 0.1) is 0 Å². The molecule has 19 heavy (non-hydrogen) atoms. The molecular weight excluding hydrogens is 257 g/mol. The molecule has 1 aromatic rings. The van der Waals surface area contributed by atoms with Gasteiger partial charge in [-0.3, -0.25) is 4.79 Å². The Hall–Kier alpha value is -1.72. The zero-order valence-corrected chi connectivity index (χ0v) is 10.9. The van der Waals surface area contributed by atoms with Gasteiger partial charge < -0.3 is 10.6 Å². The minimum absolute atomic E-state index is 0.0190. The van der Waals surface area contributed by atoms with E-state index in [0.29, 0.717) is 5.56 Å². The highest BCUT2D eigenvalue weighted by molar-refractivity contribution is 5.94. The molecule has 0 bridgehead atoms. The van der Waals surface area contributed by atoms with E-state index in [4.69, 9.17) is 0 Å². The van der Waals surface area contributed by atoms with Crippen LogP contribution >= 0.6 is 0 Å². The van der Waals surface area contributed by atoms with Crippen LogP contribution in [0.1, 0.15) is 28.8 Å². The van der Waals surface area contributed by atoms with E-state index < -0.39 is 12.6 Å². The van der Waals surface area contributed by atoms with Gasteiger partial charge in [0.2, 0.25) is 0 Å². The van der Waals surface area contributed by atoms with Crippen molar-refractivity contribution in [1.29, 1.82) is 0 Å². The molecule has 0 aliphatic rings. The van der Waals surface area contributed by atoms with Gasteiger partial charge >= 0.3 is 6.18 Å². The van der Waals surface area contributed by atoms with Crippen LogP contribution in [0.3, 0.4) is 0 Å². The van der Waals surface area contributed by atoms with Gasteiger partial charge in [-0.15, -0.1) is 0 Å². The fraction of sp³-hybridized carbons (Fsp3) is 0.462. The largest absolute Gasteiger partial charge is 0.389 e. The summed E-state index contributed by atoms with van der Waals surface area (Å²) in [6, 6.07) is 5.10. The van der Waals surface area contributed by atoms with E-state index in [1.807, 2.05) is 6.92 Å². The maximum atomic E-state index is 11.9. The van der Waals surface area contributed by atoms with Crippen molar-refractivity contribution in [2.45, 2.75) is 25.9 Å². The number of halogens is 3. The zero-order chi connectivity index (χ0) is 14.5. The molecule has 0 radical (unpaired) electrons. The summed E-state index contributed by atoms with van der Waals surface area (Å²) in [5.41, 5.74) is 2.27. The molecule has 1 amide bonds. The molecule has 1 aromatic carbocycles. The molecule has 0 heterocycles. The van der Waals surface area contributed by atoms with E-state index in [1.165, 1.54) is 0 Å². The third-order valence-electron chi connectivity index (χ3n) is 2.68. The molecule has 0 fully saturated rings. The predicted octanol–water partition coefficient (Wildman–Crippen LogP) is 3.11. The van der Waals surface area contributed by atoms with Crippen molar-refractivity contribution in [3.05, 3.63) is 29.3 Å². The number of hydrogen-bond donors (Lipinski definition) is 2. The summed E-state index contributed by atoms with van der Waals surface area (Å²) in [6.07, 6.45) is -5.16. The molecule has 0 saturated carbocycles. The second-order valence-electron chi connectivity index (χ2n) is 4.25. The molecule has 3 nitrogen and oxygen atoms in total. The number of anilines is 1. The first kappa shape index (κ1) is 15.3. The van der Waals surface area contributed by atoms with Crippen molar-refractivity contribution in [3.8, 4) is 0 Å². The first-order valence-corrected chi connectivity index (χ1v) is 5.97. The van der Waals surface area contributed by atoms with Gasteiger partial charge in [-0.25, -0.2) is 0 Å². The maximum absolute atomic E-state index is 11.9. The lowest BCUT2D eigenvalue weighted by Crippen LogP contribution is -2.25. The lowest BCUT2D eigenvalue weighted by Gasteiger charge is -2.09. The minimum Gasteiger partial charge on any atom is -0.388 e. The second-order valence-corrected chi connectivity index (χ2v) is 4.25. The van der Waals surface area contributed by atoms with Crippen LogP contribution in [0.25, 0.3) is 0 Å². The molecule has 0 unspecified atom stereocenters. The Labute approximate surface area is 110 Å². The molecule has 0 saturated heterocycles. The summed E-state index contributed by atoms with van der Waals surface area (Å²) < 4.78 is 35.8. The summed E-state index contributed by atoms with van der Waals surface area (Å²) in [5, 5.41) is 5.45. The smallest absolute Gasteiger partial charge is 0.388 e. The lowest BCUT2D eigenvalue weighted by molar-refractivity contribution is -0.135. The fourth-order valence-electron chi connectivity index (χ4n) is 1.68. The van der Waals surface area contributed by atoms with Crippen molar-refractivity contribution in [3.63, 3.8) is 0 Å². The third-order valence-corrected chi connectivity index (χ3v) is 2.68. The normalized spacial score (nSPS) is 11.2. The van der Waals surface area contributed by atoms with Crippen molar-refractivity contribution >= 4 is 11.6 Å². The van der Waals surface area contributed by atoms with Gasteiger partial charge in [-0.1, -0.05) is 0 Å². The summed E-state index contributed by atoms with van der Waals surface area (Å²) in [5.74, 6) is -0.354. The predicted molar refractivity (Wildman–Crippen MR) is 68.3 cm³/mol. The van der Waals surface area contributed by atoms with Gasteiger partial charge in [0.1, 0.15) is 0 Å². The van der Waals surface area contributed by atoms with E-state index in [-0.39, 0.29) is 18.9 Å². The summed E-state index contributed by atoms with van der Waals surface area (Å²) in [4.78, 5) is 11.7. The summed E-state index contributed by atoms with van der Waals surface area (Å²) in [6.45, 7) is 1.87. The average Bonchev–Trinajstić information content (AvgIpc) is 2.33. The minimum atomic E-state index is -4.17. The Kier molecular flexibility index (Phi) is 5.20. The van der Waals surface area contributed by atoms with Crippen LogP contribution in [0.5, 0.6) is 0 Å². The molecule has 0 atom stereocenters. The van der Waals surface area contributed by atoms with Gasteiger partial charge in [-0.2, -0.15) is 13.2 Å². The van der Waals surface area contributed by atoms with E-state index >= 15 is 0 Å². The van der Waals surface area contributed by atoms with Crippen LogP contribution in [0.15, 0.2) is 18.2 Å². The van der Waals surface area contributed by atoms with Crippen LogP contribution in [0.2, 0.25) is 0 Å². The Morgan fingerprint density at radius 2 is 2.00 bits per heavy atom. The maximum Gasteiger partial charge on any atom is 0.389 e. The van der Waals surface area contributed by atoms with Crippen molar-refractivity contribution in [2.24, 2.45) is 0 Å². The molecule has 1 rings (SSSR count). The van der Waals surface area contributed by atoms with Crippen molar-refractivity contribution in [2.75, 3.05) is 18.9 Å². The number of hydrogen-bond acceptors (Lipinski definition) is 2. The molecule has 6 heteroatoms. The van der Waals surface area contributed by atoms with Gasteiger partial charge in [0.15, 0.2) is 0 Å². The first-order chi connectivity index (χ1) is 8.83. The van der Waals surface area contributed by atoms with E-state index in [1.54, 1.807) is 25.2 Å². The van der Waals surface area contributed by atoms with Crippen molar-refractivity contribution < 1.29 is 18.0 Å². The van der Waals surface area contributed by atoms with Crippen LogP contribution in [-0.2, 0) is 0 Å². The Morgan fingerprint density at radius 3 is 2.53 bits per heavy atom. The van der Waals surface area contributed by atoms with E-state index in [9.17, 15) is 18.0 Å².